The normalized spacial score (nSPS) is 15.0. The summed E-state index contributed by atoms with van der Waals surface area (Å²) in [5.41, 5.74) is 18.8. The van der Waals surface area contributed by atoms with Gasteiger partial charge in [-0.05, 0) is 105 Å². The van der Waals surface area contributed by atoms with Crippen molar-refractivity contribution in [3.8, 4) is 33.4 Å². The Labute approximate surface area is 334 Å². The minimum Gasteiger partial charge on any atom is -0.456 e. The van der Waals surface area contributed by atoms with Crippen LogP contribution in [0.25, 0.3) is 77.3 Å². The minimum absolute atomic E-state index is 0.500. The molecule has 0 amide bonds. The summed E-state index contributed by atoms with van der Waals surface area (Å²) in [5, 5.41) is 4.51. The largest absolute Gasteiger partial charge is 0.456 e. The summed E-state index contributed by atoms with van der Waals surface area (Å²) in [7, 11) is 0. The summed E-state index contributed by atoms with van der Waals surface area (Å²) in [6, 6.07) is 72.5. The first kappa shape index (κ1) is 31.6. The smallest absolute Gasteiger partial charge is 0.143 e. The van der Waals surface area contributed by atoms with Crippen LogP contribution < -0.4 is 4.90 Å². The molecule has 2 heterocycles. The molecule has 9 aromatic carbocycles. The first-order valence-electron chi connectivity index (χ1n) is 19.9. The number of para-hydroxylation sites is 2. The average Bonchev–Trinajstić information content (AvgIpc) is 4.02. The number of hydrogen-bond acceptors (Lipinski definition) is 3. The molecule has 2 aliphatic carbocycles. The van der Waals surface area contributed by atoms with Crippen LogP contribution in [0.2, 0.25) is 0 Å². The molecule has 1 unspecified atom stereocenters. The van der Waals surface area contributed by atoms with Gasteiger partial charge in [0.1, 0.15) is 22.3 Å². The molecule has 13 rings (SSSR count). The van der Waals surface area contributed by atoms with Crippen molar-refractivity contribution in [3.63, 3.8) is 0 Å². The van der Waals surface area contributed by atoms with Gasteiger partial charge in [-0.25, -0.2) is 0 Å². The number of hydrogen-bond donors (Lipinski definition) is 0. The quantitative estimate of drug-likeness (QED) is 0.180. The molecule has 0 bridgehead atoms. The predicted octanol–water partition coefficient (Wildman–Crippen LogP) is 15.0. The van der Waals surface area contributed by atoms with E-state index in [1.54, 1.807) is 0 Å². The maximum absolute atomic E-state index is 6.75. The summed E-state index contributed by atoms with van der Waals surface area (Å²) < 4.78 is 13.0. The lowest BCUT2D eigenvalue weighted by molar-refractivity contribution is 0.668. The average molecular weight is 740 g/mol. The molecule has 1 spiro atoms. The van der Waals surface area contributed by atoms with E-state index in [-0.39, 0.29) is 0 Å². The van der Waals surface area contributed by atoms with E-state index in [9.17, 15) is 0 Å². The molecule has 0 radical (unpaired) electrons. The Morgan fingerprint density at radius 2 is 0.879 bits per heavy atom. The third-order valence-corrected chi connectivity index (χ3v) is 12.7. The molecule has 11 aromatic rings. The van der Waals surface area contributed by atoms with Crippen molar-refractivity contribution in [1.82, 2.24) is 0 Å². The Balaban J connectivity index is 1.05. The van der Waals surface area contributed by atoms with Crippen LogP contribution in [0.15, 0.2) is 209 Å². The molecule has 0 N–H and O–H groups in total. The summed E-state index contributed by atoms with van der Waals surface area (Å²) >= 11 is 0. The van der Waals surface area contributed by atoms with Gasteiger partial charge in [0.2, 0.25) is 0 Å². The van der Waals surface area contributed by atoms with E-state index < -0.39 is 5.41 Å². The molecule has 2 aromatic heterocycles. The maximum Gasteiger partial charge on any atom is 0.143 e. The van der Waals surface area contributed by atoms with Crippen LogP contribution in [0.4, 0.5) is 17.1 Å². The summed E-state index contributed by atoms with van der Waals surface area (Å²) in [6.45, 7) is 0. The van der Waals surface area contributed by atoms with Crippen molar-refractivity contribution in [2.24, 2.45) is 0 Å². The van der Waals surface area contributed by atoms with Crippen LogP contribution in [-0.2, 0) is 5.41 Å². The lowest BCUT2D eigenvalue weighted by Gasteiger charge is -2.31. The van der Waals surface area contributed by atoms with Gasteiger partial charge < -0.3 is 13.7 Å². The molecule has 0 saturated heterocycles. The lowest BCUT2D eigenvalue weighted by atomic mass is 9.70. The van der Waals surface area contributed by atoms with Gasteiger partial charge in [-0.15, -0.1) is 0 Å². The lowest BCUT2D eigenvalue weighted by Crippen LogP contribution is -2.25. The van der Waals surface area contributed by atoms with Gasteiger partial charge in [0.05, 0.1) is 5.41 Å². The molecular weight excluding hydrogens is 707 g/mol. The van der Waals surface area contributed by atoms with Gasteiger partial charge in [-0.3, -0.25) is 0 Å². The number of rotatable bonds is 4. The molecule has 2 aliphatic rings. The van der Waals surface area contributed by atoms with Crippen molar-refractivity contribution in [2.75, 3.05) is 4.90 Å². The second-order valence-electron chi connectivity index (χ2n) is 15.6. The van der Waals surface area contributed by atoms with Crippen LogP contribution in [0.5, 0.6) is 0 Å². The van der Waals surface area contributed by atoms with Crippen molar-refractivity contribution in [1.29, 1.82) is 0 Å². The molecule has 3 heteroatoms. The van der Waals surface area contributed by atoms with E-state index in [4.69, 9.17) is 8.83 Å². The minimum atomic E-state index is -0.500. The zero-order chi connectivity index (χ0) is 38.0. The van der Waals surface area contributed by atoms with E-state index in [1.807, 2.05) is 12.1 Å². The van der Waals surface area contributed by atoms with Crippen LogP contribution in [-0.4, -0.2) is 0 Å². The highest BCUT2D eigenvalue weighted by atomic mass is 16.3. The highest BCUT2D eigenvalue weighted by Gasteiger charge is 2.52. The number of fused-ring (bicyclic) bond motifs is 17. The standard InChI is InChI=1S/C55H33NO2/c1-2-12-34(13-3-1)35-22-24-36(25-23-35)56(38-27-31-52-45(33-38)41-16-7-10-20-50(41)57-52)37-26-29-48-44(32-37)39-14-4-8-18-46(39)55(48)47-19-9-5-17-43(47)53-49(55)30-28-42-40-15-6-11-21-51(40)58-54(42)53/h1-33H. The predicted molar refractivity (Wildman–Crippen MR) is 237 cm³/mol. The molecule has 0 aliphatic heterocycles. The third-order valence-electron chi connectivity index (χ3n) is 12.7. The molecule has 1 atom stereocenters. The Hall–Kier alpha value is -7.62. The number of anilines is 3. The fraction of sp³-hybridized carbons (Fsp3) is 0.0182. The fourth-order valence-electron chi connectivity index (χ4n) is 10.3. The molecule has 270 valence electrons. The number of benzene rings is 9. The van der Waals surface area contributed by atoms with Crippen LogP contribution in [0.1, 0.15) is 22.3 Å². The van der Waals surface area contributed by atoms with Crippen molar-refractivity contribution in [2.45, 2.75) is 5.41 Å². The topological polar surface area (TPSA) is 29.5 Å². The van der Waals surface area contributed by atoms with E-state index in [2.05, 4.69) is 193 Å². The van der Waals surface area contributed by atoms with Crippen LogP contribution >= 0.6 is 0 Å². The Morgan fingerprint density at radius 3 is 1.69 bits per heavy atom. The van der Waals surface area contributed by atoms with E-state index >= 15 is 0 Å². The van der Waals surface area contributed by atoms with Gasteiger partial charge in [0, 0.05) is 44.2 Å². The molecular formula is C55H33NO2. The Morgan fingerprint density at radius 1 is 0.328 bits per heavy atom. The van der Waals surface area contributed by atoms with Gasteiger partial charge in [0.25, 0.3) is 0 Å². The van der Waals surface area contributed by atoms with Gasteiger partial charge in [0.15, 0.2) is 0 Å². The Kier molecular flexibility index (Phi) is 6.37. The monoisotopic (exact) mass is 739 g/mol. The second-order valence-corrected chi connectivity index (χ2v) is 15.6. The molecule has 3 nitrogen and oxygen atoms in total. The zero-order valence-corrected chi connectivity index (χ0v) is 31.3. The van der Waals surface area contributed by atoms with Gasteiger partial charge in [-0.1, -0.05) is 146 Å². The second kappa shape index (κ2) is 11.7. The number of nitrogens with zero attached hydrogens (tertiary/aromatic N) is 1. The van der Waals surface area contributed by atoms with Gasteiger partial charge >= 0.3 is 0 Å². The first-order chi connectivity index (χ1) is 28.8. The highest BCUT2D eigenvalue weighted by Crippen LogP contribution is 2.64. The molecule has 58 heavy (non-hydrogen) atoms. The van der Waals surface area contributed by atoms with Crippen LogP contribution in [0.3, 0.4) is 0 Å². The van der Waals surface area contributed by atoms with E-state index in [1.165, 1.54) is 55.6 Å². The third kappa shape index (κ3) is 4.17. The zero-order valence-electron chi connectivity index (χ0n) is 31.3. The summed E-state index contributed by atoms with van der Waals surface area (Å²) in [5.74, 6) is 0. The molecule has 0 saturated carbocycles. The van der Waals surface area contributed by atoms with Crippen molar-refractivity contribution < 1.29 is 8.83 Å². The highest BCUT2D eigenvalue weighted by molar-refractivity contribution is 6.13. The van der Waals surface area contributed by atoms with Gasteiger partial charge in [-0.2, -0.15) is 0 Å². The van der Waals surface area contributed by atoms with E-state index in [0.717, 1.165) is 60.9 Å². The number of furan rings is 2. The SMILES string of the molecule is c1ccc(-c2ccc(N(c3ccc4c(c3)-c3ccccc3C43c4ccccc4-c4c3ccc3c4oc4ccccc43)c3ccc4oc5ccccc5c4c3)cc2)cc1. The first-order valence-corrected chi connectivity index (χ1v) is 19.9. The van der Waals surface area contributed by atoms with Crippen LogP contribution in [0, 0.1) is 0 Å². The molecule has 0 fully saturated rings. The van der Waals surface area contributed by atoms with E-state index in [0.29, 0.717) is 0 Å². The Bertz CT molecular complexity index is 3460. The fourth-order valence-corrected chi connectivity index (χ4v) is 10.3. The van der Waals surface area contributed by atoms with Crippen molar-refractivity contribution in [3.05, 3.63) is 222 Å². The maximum atomic E-state index is 6.75. The van der Waals surface area contributed by atoms with Crippen molar-refractivity contribution >= 4 is 60.9 Å². The summed E-state index contributed by atoms with van der Waals surface area (Å²) in [4.78, 5) is 2.39. The summed E-state index contributed by atoms with van der Waals surface area (Å²) in [6.07, 6.45) is 0.